The van der Waals surface area contributed by atoms with Gasteiger partial charge in [-0.15, -0.1) is 0 Å². The van der Waals surface area contributed by atoms with E-state index in [0.29, 0.717) is 25.7 Å². The lowest BCUT2D eigenvalue weighted by Gasteiger charge is -2.21. The van der Waals surface area contributed by atoms with Gasteiger partial charge in [0.05, 0.1) is 26.4 Å². The van der Waals surface area contributed by atoms with Gasteiger partial charge in [-0.3, -0.25) is 37.3 Å². The number of phosphoric acid groups is 2. The maximum absolute atomic E-state index is 13.1. The van der Waals surface area contributed by atoms with Crippen molar-refractivity contribution in [3.63, 3.8) is 0 Å². The zero-order valence-corrected chi connectivity index (χ0v) is 66.4. The molecule has 0 aromatic carbocycles. The Labute approximate surface area is 607 Å². The summed E-state index contributed by atoms with van der Waals surface area (Å²) in [5, 5.41) is 10.6. The number of hydrogen-bond donors (Lipinski definition) is 3. The lowest BCUT2D eigenvalue weighted by molar-refractivity contribution is -0.161. The van der Waals surface area contributed by atoms with Crippen LogP contribution in [0.25, 0.3) is 0 Å². The lowest BCUT2D eigenvalue weighted by Crippen LogP contribution is -2.30. The van der Waals surface area contributed by atoms with E-state index in [4.69, 9.17) is 37.0 Å². The van der Waals surface area contributed by atoms with E-state index in [1.807, 2.05) is 0 Å². The van der Waals surface area contributed by atoms with Crippen LogP contribution in [0.15, 0.2) is 0 Å². The average molecular weight is 1450 g/mol. The van der Waals surface area contributed by atoms with Gasteiger partial charge in [-0.2, -0.15) is 0 Å². The van der Waals surface area contributed by atoms with Crippen LogP contribution in [0, 0.1) is 5.92 Å². The highest BCUT2D eigenvalue weighted by Gasteiger charge is 2.30. The van der Waals surface area contributed by atoms with Crippen molar-refractivity contribution in [3.8, 4) is 0 Å². The fourth-order valence-electron chi connectivity index (χ4n) is 12.4. The monoisotopic (exact) mass is 1450 g/mol. The molecular weight excluding hydrogens is 1290 g/mol. The number of phosphoric ester groups is 2. The second kappa shape index (κ2) is 73.0. The Morgan fingerprint density at radius 3 is 0.717 bits per heavy atom. The van der Waals surface area contributed by atoms with Gasteiger partial charge in [0.15, 0.2) is 12.2 Å². The van der Waals surface area contributed by atoms with Crippen molar-refractivity contribution in [1.29, 1.82) is 0 Å². The molecule has 0 amide bonds. The highest BCUT2D eigenvalue weighted by Crippen LogP contribution is 2.45. The molecule has 0 rings (SSSR count). The van der Waals surface area contributed by atoms with Crippen LogP contribution in [0.5, 0.6) is 0 Å². The molecule has 3 unspecified atom stereocenters. The van der Waals surface area contributed by atoms with Gasteiger partial charge in [0.1, 0.15) is 19.3 Å². The number of esters is 4. The molecule has 0 saturated carbocycles. The first-order valence-corrected chi connectivity index (χ1v) is 44.7. The fraction of sp³-hybridized carbons (Fsp3) is 0.950. The minimum absolute atomic E-state index is 0.106. The summed E-state index contributed by atoms with van der Waals surface area (Å²) in [6, 6.07) is 0. The third kappa shape index (κ3) is 72.8. The maximum Gasteiger partial charge on any atom is 0.472 e. The summed E-state index contributed by atoms with van der Waals surface area (Å²) < 4.78 is 68.6. The molecule has 0 saturated heterocycles. The Kier molecular flexibility index (Phi) is 71.6. The Morgan fingerprint density at radius 2 is 0.485 bits per heavy atom. The van der Waals surface area contributed by atoms with E-state index in [1.165, 1.54) is 238 Å². The molecular formula is C80H156O17P2. The van der Waals surface area contributed by atoms with Crippen molar-refractivity contribution in [2.75, 3.05) is 39.6 Å². The molecule has 0 aromatic rings. The van der Waals surface area contributed by atoms with E-state index < -0.39 is 97.5 Å². The fourth-order valence-corrected chi connectivity index (χ4v) is 14.0. The lowest BCUT2D eigenvalue weighted by atomic mass is 9.99. The summed E-state index contributed by atoms with van der Waals surface area (Å²) in [7, 11) is -9.91. The third-order valence-corrected chi connectivity index (χ3v) is 21.0. The standard InChI is InChI=1S/C80H156O17P2/c1-6-10-13-16-19-21-23-25-27-29-31-33-35-37-39-44-49-54-59-64-78(83)91-70-76(97-79(84)65-60-55-50-45-40-38-36-34-32-30-28-26-24-22-20-17-14-11-7-2)72-95-99(88,89)93-68-74(81)67-92-98(86,87)94-71-75(69-90-77(82)63-58-53-47-18-15-12-8-3)96-80(85)66-61-56-51-46-42-41-43-48-52-57-62-73(5)9-4/h73-76,81H,6-72H2,1-5H3,(H,86,87)(H,88,89)/t73?,74-,75+,76+/m0/s1. The SMILES string of the molecule is CCCCCCCCCCCCCCCCCCCCCC(=O)OC[C@H](COP(=O)(O)OC[C@@H](O)COP(=O)(O)OC[C@@H](COC(=O)CCCCCCCCC)OC(=O)CCCCCCCCCCCCC(C)CC)OC(=O)CCCCCCCCCCCCCCCCCCCCC. The number of carbonyl (C=O) groups excluding carboxylic acids is 4. The third-order valence-electron chi connectivity index (χ3n) is 19.1. The second-order valence-electron chi connectivity index (χ2n) is 29.1. The molecule has 0 fully saturated rings. The van der Waals surface area contributed by atoms with Crippen molar-refractivity contribution < 1.29 is 80.2 Å². The molecule has 0 aliphatic rings. The molecule has 0 aliphatic heterocycles. The zero-order valence-electron chi connectivity index (χ0n) is 64.6. The van der Waals surface area contributed by atoms with Crippen LogP contribution < -0.4 is 0 Å². The normalized spacial score (nSPS) is 14.1. The Morgan fingerprint density at radius 1 is 0.283 bits per heavy atom. The molecule has 0 radical (unpaired) electrons. The van der Waals surface area contributed by atoms with Gasteiger partial charge < -0.3 is 33.8 Å². The van der Waals surface area contributed by atoms with Gasteiger partial charge in [0, 0.05) is 25.7 Å². The van der Waals surface area contributed by atoms with Crippen LogP contribution in [0.2, 0.25) is 0 Å². The number of hydrogen-bond acceptors (Lipinski definition) is 15. The van der Waals surface area contributed by atoms with Crippen LogP contribution in [0.4, 0.5) is 0 Å². The molecule has 0 heterocycles. The number of rotatable bonds is 80. The van der Waals surface area contributed by atoms with Crippen LogP contribution in [0.3, 0.4) is 0 Å². The van der Waals surface area contributed by atoms with Gasteiger partial charge in [0.2, 0.25) is 0 Å². The molecule has 0 aliphatic carbocycles. The van der Waals surface area contributed by atoms with Crippen LogP contribution in [0.1, 0.15) is 426 Å². The zero-order chi connectivity index (χ0) is 72.7. The summed E-state index contributed by atoms with van der Waals surface area (Å²) in [4.78, 5) is 72.8. The van der Waals surface area contributed by atoms with E-state index in [2.05, 4.69) is 34.6 Å². The van der Waals surface area contributed by atoms with Gasteiger partial charge in [0.25, 0.3) is 0 Å². The van der Waals surface area contributed by atoms with Gasteiger partial charge in [-0.05, 0) is 31.6 Å². The predicted molar refractivity (Wildman–Crippen MR) is 405 cm³/mol. The van der Waals surface area contributed by atoms with Crippen molar-refractivity contribution in [2.45, 2.75) is 445 Å². The van der Waals surface area contributed by atoms with Crippen molar-refractivity contribution in [2.24, 2.45) is 5.92 Å². The molecule has 6 atom stereocenters. The number of carbonyl (C=O) groups is 4. The number of aliphatic hydroxyl groups is 1. The molecule has 19 heteroatoms. The number of aliphatic hydroxyl groups excluding tert-OH is 1. The Balaban J connectivity index is 5.18. The minimum atomic E-state index is -4.96. The highest BCUT2D eigenvalue weighted by atomic mass is 31.2. The van der Waals surface area contributed by atoms with Crippen LogP contribution in [-0.2, 0) is 65.4 Å². The van der Waals surface area contributed by atoms with Crippen LogP contribution >= 0.6 is 15.6 Å². The quantitative estimate of drug-likeness (QED) is 0.0222. The molecule has 0 bridgehead atoms. The summed E-state index contributed by atoms with van der Waals surface area (Å²) in [6.07, 6.45) is 64.0. The van der Waals surface area contributed by atoms with E-state index >= 15 is 0 Å². The van der Waals surface area contributed by atoms with E-state index in [0.717, 1.165) is 109 Å². The first-order chi connectivity index (χ1) is 48.1. The summed E-state index contributed by atoms with van der Waals surface area (Å²) in [5.74, 6) is -1.31. The molecule has 0 aromatic heterocycles. The maximum atomic E-state index is 13.1. The Hall–Kier alpha value is -1.94. The van der Waals surface area contributed by atoms with Gasteiger partial charge >= 0.3 is 39.5 Å². The van der Waals surface area contributed by atoms with E-state index in [-0.39, 0.29) is 25.7 Å². The average Bonchev–Trinajstić information content (AvgIpc) is 1.10. The topological polar surface area (TPSA) is 237 Å². The largest absolute Gasteiger partial charge is 0.472 e. The van der Waals surface area contributed by atoms with Crippen LogP contribution in [-0.4, -0.2) is 96.7 Å². The predicted octanol–water partition coefficient (Wildman–Crippen LogP) is 24.0. The first-order valence-electron chi connectivity index (χ1n) is 41.7. The smallest absolute Gasteiger partial charge is 0.462 e. The summed E-state index contributed by atoms with van der Waals surface area (Å²) >= 11 is 0. The van der Waals surface area contributed by atoms with Crippen molar-refractivity contribution in [3.05, 3.63) is 0 Å². The van der Waals surface area contributed by atoms with E-state index in [9.17, 15) is 43.2 Å². The molecule has 3 N–H and O–H groups in total. The summed E-state index contributed by atoms with van der Waals surface area (Å²) in [5.41, 5.74) is 0. The minimum Gasteiger partial charge on any atom is -0.462 e. The molecule has 0 spiro atoms. The molecule has 588 valence electrons. The molecule has 17 nitrogen and oxygen atoms in total. The Bertz CT molecular complexity index is 1890. The van der Waals surface area contributed by atoms with E-state index in [1.54, 1.807) is 0 Å². The first kappa shape index (κ1) is 97.1. The number of unbranched alkanes of at least 4 members (excludes halogenated alkanes) is 51. The highest BCUT2D eigenvalue weighted by molar-refractivity contribution is 7.47. The molecule has 99 heavy (non-hydrogen) atoms. The van der Waals surface area contributed by atoms with Gasteiger partial charge in [-0.1, -0.05) is 375 Å². The van der Waals surface area contributed by atoms with Crippen molar-refractivity contribution >= 4 is 39.5 Å². The van der Waals surface area contributed by atoms with Gasteiger partial charge in [-0.25, -0.2) is 9.13 Å². The second-order valence-corrected chi connectivity index (χ2v) is 32.0. The number of ether oxygens (including phenoxy) is 4. The van der Waals surface area contributed by atoms with Crippen molar-refractivity contribution in [1.82, 2.24) is 0 Å². The summed E-state index contributed by atoms with van der Waals surface area (Å²) in [6.45, 7) is 7.30.